The highest BCUT2D eigenvalue weighted by atomic mass is 16.3. The molecular formula is C21H20N4O. The molecule has 1 aliphatic rings. The summed E-state index contributed by atoms with van der Waals surface area (Å²) in [6, 6.07) is 10.3. The monoisotopic (exact) mass is 344 g/mol. The molecule has 0 fully saturated rings. The van der Waals surface area contributed by atoms with Crippen molar-refractivity contribution in [3.05, 3.63) is 71.4 Å². The third kappa shape index (κ3) is 2.70. The standard InChI is InChI=1S/C21H20N4O/c1-14-4-5-19-17(9-14)15(10-22-19)12-25-7-6-18-16(13-25)11-23-21(24-18)20-3-2-8-26-20/h2-5,8-11,22H,6-7,12-13H2,1H3. The molecule has 1 N–H and O–H groups in total. The molecule has 5 heteroatoms. The molecule has 3 aromatic heterocycles. The van der Waals surface area contributed by atoms with E-state index < -0.39 is 0 Å². The molecule has 5 rings (SSSR count). The summed E-state index contributed by atoms with van der Waals surface area (Å²) in [7, 11) is 0. The molecule has 1 aromatic carbocycles. The van der Waals surface area contributed by atoms with Gasteiger partial charge in [0.1, 0.15) is 0 Å². The number of nitrogens with zero attached hydrogens (tertiary/aromatic N) is 3. The van der Waals surface area contributed by atoms with Gasteiger partial charge in [0.2, 0.25) is 0 Å². The molecule has 26 heavy (non-hydrogen) atoms. The number of aromatic amines is 1. The Kier molecular flexibility index (Phi) is 3.60. The summed E-state index contributed by atoms with van der Waals surface area (Å²) in [6.45, 7) is 4.95. The van der Waals surface area contributed by atoms with E-state index in [2.05, 4.69) is 46.2 Å². The van der Waals surface area contributed by atoms with Crippen LogP contribution < -0.4 is 0 Å². The van der Waals surface area contributed by atoms with Crippen LogP contribution in [0.5, 0.6) is 0 Å². The van der Waals surface area contributed by atoms with Crippen molar-refractivity contribution in [2.75, 3.05) is 6.54 Å². The van der Waals surface area contributed by atoms with Gasteiger partial charge in [0.25, 0.3) is 0 Å². The van der Waals surface area contributed by atoms with Gasteiger partial charge in [-0.05, 0) is 36.8 Å². The average molecular weight is 344 g/mol. The average Bonchev–Trinajstić information content (AvgIpc) is 3.32. The lowest BCUT2D eigenvalue weighted by Gasteiger charge is -2.27. The molecule has 5 nitrogen and oxygen atoms in total. The number of furan rings is 1. The smallest absolute Gasteiger partial charge is 0.195 e. The van der Waals surface area contributed by atoms with Crippen LogP contribution in [0.3, 0.4) is 0 Å². The summed E-state index contributed by atoms with van der Waals surface area (Å²) in [4.78, 5) is 15.0. The van der Waals surface area contributed by atoms with Gasteiger partial charge in [-0.1, -0.05) is 11.6 Å². The van der Waals surface area contributed by atoms with E-state index in [0.29, 0.717) is 5.82 Å². The first kappa shape index (κ1) is 15.3. The minimum absolute atomic E-state index is 0.675. The maximum Gasteiger partial charge on any atom is 0.195 e. The zero-order valence-corrected chi connectivity index (χ0v) is 14.7. The maximum atomic E-state index is 5.41. The van der Waals surface area contributed by atoms with Gasteiger partial charge in [0, 0.05) is 54.9 Å². The van der Waals surface area contributed by atoms with E-state index >= 15 is 0 Å². The number of aromatic nitrogens is 3. The highest BCUT2D eigenvalue weighted by Crippen LogP contribution is 2.25. The first-order valence-electron chi connectivity index (χ1n) is 8.94. The Hall–Kier alpha value is -2.92. The van der Waals surface area contributed by atoms with Crippen molar-refractivity contribution in [2.45, 2.75) is 26.4 Å². The number of aryl methyl sites for hydroxylation is 1. The molecule has 0 radical (unpaired) electrons. The molecule has 0 aliphatic carbocycles. The zero-order valence-electron chi connectivity index (χ0n) is 14.7. The first-order chi connectivity index (χ1) is 12.8. The lowest BCUT2D eigenvalue weighted by atomic mass is 10.1. The number of H-pyrrole nitrogens is 1. The highest BCUT2D eigenvalue weighted by molar-refractivity contribution is 5.83. The SMILES string of the molecule is Cc1ccc2[nH]cc(CN3CCc4nc(-c5ccco5)ncc4C3)c2c1. The van der Waals surface area contributed by atoms with Crippen molar-refractivity contribution < 1.29 is 4.42 Å². The lowest BCUT2D eigenvalue weighted by molar-refractivity contribution is 0.244. The van der Waals surface area contributed by atoms with Crippen molar-refractivity contribution in [1.29, 1.82) is 0 Å². The van der Waals surface area contributed by atoms with Crippen molar-refractivity contribution in [3.63, 3.8) is 0 Å². The summed E-state index contributed by atoms with van der Waals surface area (Å²) >= 11 is 0. The zero-order chi connectivity index (χ0) is 17.5. The predicted molar refractivity (Wildman–Crippen MR) is 101 cm³/mol. The maximum absolute atomic E-state index is 5.41. The van der Waals surface area contributed by atoms with Gasteiger partial charge in [-0.3, -0.25) is 4.90 Å². The Labute approximate surface area is 151 Å². The van der Waals surface area contributed by atoms with Crippen molar-refractivity contribution in [3.8, 4) is 11.6 Å². The first-order valence-corrected chi connectivity index (χ1v) is 8.94. The second-order valence-electron chi connectivity index (χ2n) is 6.97. The van der Waals surface area contributed by atoms with Gasteiger partial charge in [-0.25, -0.2) is 9.97 Å². The van der Waals surface area contributed by atoms with Crippen LogP contribution in [-0.4, -0.2) is 26.4 Å². The molecule has 0 unspecified atom stereocenters. The molecule has 1 aliphatic heterocycles. The Morgan fingerprint density at radius 1 is 1.27 bits per heavy atom. The second kappa shape index (κ2) is 6.11. The normalized spacial score (nSPS) is 14.7. The minimum atomic E-state index is 0.675. The molecule has 0 saturated heterocycles. The lowest BCUT2D eigenvalue weighted by Crippen LogP contribution is -2.30. The number of benzene rings is 1. The fourth-order valence-corrected chi connectivity index (χ4v) is 3.70. The van der Waals surface area contributed by atoms with Gasteiger partial charge < -0.3 is 9.40 Å². The van der Waals surface area contributed by atoms with Crippen LogP contribution in [0.4, 0.5) is 0 Å². The number of hydrogen-bond acceptors (Lipinski definition) is 4. The Bertz CT molecular complexity index is 1070. The molecule has 0 saturated carbocycles. The highest BCUT2D eigenvalue weighted by Gasteiger charge is 2.20. The quantitative estimate of drug-likeness (QED) is 0.608. The van der Waals surface area contributed by atoms with Gasteiger partial charge in [0.15, 0.2) is 11.6 Å². The third-order valence-electron chi connectivity index (χ3n) is 5.07. The van der Waals surface area contributed by atoms with Crippen LogP contribution in [0.25, 0.3) is 22.5 Å². The minimum Gasteiger partial charge on any atom is -0.461 e. The molecule has 0 amide bonds. The van der Waals surface area contributed by atoms with Gasteiger partial charge >= 0.3 is 0 Å². The van der Waals surface area contributed by atoms with E-state index in [1.165, 1.54) is 27.6 Å². The fourth-order valence-electron chi connectivity index (χ4n) is 3.70. The topological polar surface area (TPSA) is 58.0 Å². The molecule has 0 bridgehead atoms. The van der Waals surface area contributed by atoms with E-state index in [9.17, 15) is 0 Å². The van der Waals surface area contributed by atoms with E-state index in [1.807, 2.05) is 18.3 Å². The summed E-state index contributed by atoms with van der Waals surface area (Å²) < 4.78 is 5.41. The number of hydrogen-bond donors (Lipinski definition) is 1. The van der Waals surface area contributed by atoms with E-state index in [4.69, 9.17) is 9.40 Å². The number of fused-ring (bicyclic) bond motifs is 2. The van der Waals surface area contributed by atoms with Crippen molar-refractivity contribution in [1.82, 2.24) is 19.9 Å². The van der Waals surface area contributed by atoms with Gasteiger partial charge in [-0.15, -0.1) is 0 Å². The molecular weight excluding hydrogens is 324 g/mol. The van der Waals surface area contributed by atoms with E-state index in [0.717, 1.165) is 37.5 Å². The Balaban J connectivity index is 1.38. The molecule has 4 aromatic rings. The van der Waals surface area contributed by atoms with Crippen molar-refractivity contribution >= 4 is 10.9 Å². The summed E-state index contributed by atoms with van der Waals surface area (Å²) in [5.74, 6) is 1.40. The van der Waals surface area contributed by atoms with Gasteiger partial charge in [0.05, 0.1) is 12.0 Å². The molecule has 4 heterocycles. The van der Waals surface area contributed by atoms with Crippen LogP contribution in [0.1, 0.15) is 22.4 Å². The molecule has 130 valence electrons. The third-order valence-corrected chi connectivity index (χ3v) is 5.07. The fraction of sp³-hybridized carbons (Fsp3) is 0.238. The van der Waals surface area contributed by atoms with Crippen LogP contribution in [0.15, 0.2) is 53.4 Å². The summed E-state index contributed by atoms with van der Waals surface area (Å²) in [5, 5.41) is 1.32. The van der Waals surface area contributed by atoms with E-state index in [1.54, 1.807) is 6.26 Å². The van der Waals surface area contributed by atoms with Gasteiger partial charge in [-0.2, -0.15) is 0 Å². The Morgan fingerprint density at radius 3 is 3.12 bits per heavy atom. The van der Waals surface area contributed by atoms with Crippen LogP contribution in [0.2, 0.25) is 0 Å². The largest absolute Gasteiger partial charge is 0.461 e. The van der Waals surface area contributed by atoms with E-state index in [-0.39, 0.29) is 0 Å². The second-order valence-corrected chi connectivity index (χ2v) is 6.97. The molecule has 0 atom stereocenters. The van der Waals surface area contributed by atoms with Crippen molar-refractivity contribution in [2.24, 2.45) is 0 Å². The van der Waals surface area contributed by atoms with Crippen LogP contribution >= 0.6 is 0 Å². The summed E-state index contributed by atoms with van der Waals surface area (Å²) in [5.41, 5.74) is 6.19. The number of rotatable bonds is 3. The number of nitrogens with one attached hydrogen (secondary N) is 1. The summed E-state index contributed by atoms with van der Waals surface area (Å²) in [6.07, 6.45) is 6.68. The predicted octanol–water partition coefficient (Wildman–Crippen LogP) is 4.08. The molecule has 0 spiro atoms. The van der Waals surface area contributed by atoms with Crippen LogP contribution in [-0.2, 0) is 19.5 Å². The van der Waals surface area contributed by atoms with Crippen LogP contribution in [0, 0.1) is 6.92 Å². The Morgan fingerprint density at radius 2 is 2.23 bits per heavy atom.